The molecule has 0 heterocycles. The summed E-state index contributed by atoms with van der Waals surface area (Å²) in [4.78, 5) is 23.4. The summed E-state index contributed by atoms with van der Waals surface area (Å²) in [5.74, 6) is -2.83. The molecule has 128 valence electrons. The molecule has 0 saturated carbocycles. The summed E-state index contributed by atoms with van der Waals surface area (Å²) in [5.41, 5.74) is 1.20. The van der Waals surface area contributed by atoms with Crippen LogP contribution < -0.4 is 5.32 Å². The highest BCUT2D eigenvalue weighted by Gasteiger charge is 2.25. The molecule has 1 amide bonds. The van der Waals surface area contributed by atoms with E-state index in [4.69, 9.17) is 5.11 Å². The summed E-state index contributed by atoms with van der Waals surface area (Å²) in [5, 5.41) is 11.5. The summed E-state index contributed by atoms with van der Waals surface area (Å²) in [6.45, 7) is 0. The van der Waals surface area contributed by atoms with Gasteiger partial charge in [-0.2, -0.15) is 0 Å². The minimum atomic E-state index is -1.12. The van der Waals surface area contributed by atoms with E-state index in [-0.39, 0.29) is 16.8 Å². The Morgan fingerprint density at radius 2 is 1.68 bits per heavy atom. The molecule has 0 spiro atoms. The Kier molecular flexibility index (Phi) is 4.61. The first kappa shape index (κ1) is 16.8. The molecule has 0 atom stereocenters. The fourth-order valence-corrected chi connectivity index (χ4v) is 2.89. The van der Waals surface area contributed by atoms with Crippen molar-refractivity contribution in [3.05, 3.63) is 65.2 Å². The van der Waals surface area contributed by atoms with Gasteiger partial charge < -0.3 is 10.4 Å². The van der Waals surface area contributed by atoms with E-state index in [9.17, 15) is 18.4 Å². The van der Waals surface area contributed by atoms with Crippen molar-refractivity contribution >= 4 is 17.6 Å². The van der Waals surface area contributed by atoms with E-state index in [2.05, 4.69) is 5.32 Å². The average Bonchev–Trinajstić information content (AvgIpc) is 3.06. The third kappa shape index (κ3) is 3.57. The van der Waals surface area contributed by atoms with Gasteiger partial charge in [0.15, 0.2) is 0 Å². The Bertz CT molecular complexity index is 890. The van der Waals surface area contributed by atoms with E-state index in [1.807, 2.05) is 0 Å². The normalized spacial score (nSPS) is 13.8. The molecule has 6 heteroatoms. The number of nitrogens with one attached hydrogen (secondary N) is 1. The first-order valence-corrected chi connectivity index (χ1v) is 7.78. The lowest BCUT2D eigenvalue weighted by atomic mass is 10.0. The Labute approximate surface area is 142 Å². The van der Waals surface area contributed by atoms with Crippen molar-refractivity contribution in [1.82, 2.24) is 0 Å². The molecule has 3 rings (SSSR count). The zero-order chi connectivity index (χ0) is 18.0. The van der Waals surface area contributed by atoms with Gasteiger partial charge in [0.25, 0.3) is 5.91 Å². The number of hydrogen-bond acceptors (Lipinski definition) is 2. The number of carboxylic acids is 1. The molecule has 1 aliphatic carbocycles. The largest absolute Gasteiger partial charge is 0.478 e. The lowest BCUT2D eigenvalue weighted by Crippen LogP contribution is -2.17. The minimum Gasteiger partial charge on any atom is -0.478 e. The summed E-state index contributed by atoms with van der Waals surface area (Å²) in [6.07, 6.45) is 1.28. The number of aliphatic carboxylic acids is 1. The van der Waals surface area contributed by atoms with Gasteiger partial charge in [0, 0.05) is 11.1 Å². The topological polar surface area (TPSA) is 66.4 Å². The van der Waals surface area contributed by atoms with Crippen molar-refractivity contribution in [1.29, 1.82) is 0 Å². The first-order valence-electron chi connectivity index (χ1n) is 7.78. The van der Waals surface area contributed by atoms with Crippen LogP contribution in [0.5, 0.6) is 0 Å². The predicted molar refractivity (Wildman–Crippen MR) is 88.9 cm³/mol. The number of carboxylic acid groups (broad SMARTS) is 1. The molecule has 0 fully saturated rings. The van der Waals surface area contributed by atoms with Crippen LogP contribution in [0.3, 0.4) is 0 Å². The van der Waals surface area contributed by atoms with Crippen molar-refractivity contribution in [2.75, 3.05) is 5.32 Å². The van der Waals surface area contributed by atoms with E-state index in [1.165, 1.54) is 30.3 Å². The second kappa shape index (κ2) is 6.84. The van der Waals surface area contributed by atoms with E-state index < -0.39 is 23.5 Å². The average molecular weight is 343 g/mol. The van der Waals surface area contributed by atoms with Crippen LogP contribution in [0.2, 0.25) is 0 Å². The predicted octanol–water partition coefficient (Wildman–Crippen LogP) is 4.14. The van der Waals surface area contributed by atoms with Crippen molar-refractivity contribution in [3.8, 4) is 11.1 Å². The van der Waals surface area contributed by atoms with Gasteiger partial charge in [-0.3, -0.25) is 4.79 Å². The van der Waals surface area contributed by atoms with Gasteiger partial charge in [-0.05, 0) is 54.7 Å². The lowest BCUT2D eigenvalue weighted by molar-refractivity contribution is -0.133. The lowest BCUT2D eigenvalue weighted by Gasteiger charge is -2.10. The number of halogens is 2. The van der Waals surface area contributed by atoms with Crippen LogP contribution in [0.25, 0.3) is 11.1 Å². The van der Waals surface area contributed by atoms with Gasteiger partial charge in [-0.1, -0.05) is 18.2 Å². The first-order chi connectivity index (χ1) is 12.0. The Hall–Kier alpha value is -3.02. The maximum atomic E-state index is 14.3. The highest BCUT2D eigenvalue weighted by Crippen LogP contribution is 2.29. The highest BCUT2D eigenvalue weighted by molar-refractivity contribution is 6.09. The SMILES string of the molecule is O=C(O)C1=C(C(=O)Nc2ccc(-c3cccc(F)c3)cc2F)CCC1. The molecule has 0 aliphatic heterocycles. The molecule has 0 saturated heterocycles. The minimum absolute atomic E-state index is 0.0470. The van der Waals surface area contributed by atoms with Crippen LogP contribution in [0.4, 0.5) is 14.5 Å². The number of carbonyl (C=O) groups is 2. The van der Waals surface area contributed by atoms with Crippen LogP contribution in [-0.4, -0.2) is 17.0 Å². The molecule has 0 radical (unpaired) electrons. The number of hydrogen-bond donors (Lipinski definition) is 2. The van der Waals surface area contributed by atoms with Crippen molar-refractivity contribution < 1.29 is 23.5 Å². The molecule has 0 unspecified atom stereocenters. The van der Waals surface area contributed by atoms with E-state index in [0.717, 1.165) is 0 Å². The van der Waals surface area contributed by atoms with Crippen LogP contribution in [0.1, 0.15) is 19.3 Å². The van der Waals surface area contributed by atoms with Gasteiger partial charge in [0.1, 0.15) is 11.6 Å². The second-order valence-corrected chi connectivity index (χ2v) is 5.77. The van der Waals surface area contributed by atoms with Crippen LogP contribution in [0, 0.1) is 11.6 Å². The van der Waals surface area contributed by atoms with Crippen LogP contribution >= 0.6 is 0 Å². The van der Waals surface area contributed by atoms with E-state index in [0.29, 0.717) is 30.4 Å². The number of anilines is 1. The number of carbonyl (C=O) groups excluding carboxylic acids is 1. The van der Waals surface area contributed by atoms with Gasteiger partial charge in [0.05, 0.1) is 5.69 Å². The van der Waals surface area contributed by atoms with Gasteiger partial charge in [0.2, 0.25) is 0 Å². The van der Waals surface area contributed by atoms with Crippen LogP contribution in [0.15, 0.2) is 53.6 Å². The Balaban J connectivity index is 1.83. The standard InChI is InChI=1S/C19H15F2NO3/c20-13-4-1-3-11(9-13)12-7-8-17(16(21)10-12)22-18(23)14-5-2-6-15(14)19(24)25/h1,3-4,7-10H,2,5-6H2,(H,22,23)(H,24,25). The molecule has 2 aromatic rings. The Morgan fingerprint density at radius 3 is 2.36 bits per heavy atom. The van der Waals surface area contributed by atoms with Crippen molar-refractivity contribution in [3.63, 3.8) is 0 Å². The summed E-state index contributed by atoms with van der Waals surface area (Å²) in [6, 6.07) is 9.90. The van der Waals surface area contributed by atoms with Gasteiger partial charge >= 0.3 is 5.97 Å². The maximum Gasteiger partial charge on any atom is 0.332 e. The van der Waals surface area contributed by atoms with Crippen molar-refractivity contribution in [2.45, 2.75) is 19.3 Å². The zero-order valence-corrected chi connectivity index (χ0v) is 13.2. The molecule has 4 nitrogen and oxygen atoms in total. The summed E-state index contributed by atoms with van der Waals surface area (Å²) in [7, 11) is 0. The molecular formula is C19H15F2NO3. The smallest absolute Gasteiger partial charge is 0.332 e. The fourth-order valence-electron chi connectivity index (χ4n) is 2.89. The monoisotopic (exact) mass is 343 g/mol. The second-order valence-electron chi connectivity index (χ2n) is 5.77. The molecular weight excluding hydrogens is 328 g/mol. The van der Waals surface area contributed by atoms with Gasteiger partial charge in [-0.15, -0.1) is 0 Å². The van der Waals surface area contributed by atoms with Gasteiger partial charge in [-0.25, -0.2) is 13.6 Å². The maximum absolute atomic E-state index is 14.3. The quantitative estimate of drug-likeness (QED) is 0.877. The number of rotatable bonds is 4. The summed E-state index contributed by atoms with van der Waals surface area (Å²) < 4.78 is 27.6. The fraction of sp³-hybridized carbons (Fsp3) is 0.158. The number of benzene rings is 2. The molecule has 2 N–H and O–H groups in total. The van der Waals surface area contributed by atoms with Crippen molar-refractivity contribution in [2.24, 2.45) is 0 Å². The number of amides is 1. The Morgan fingerprint density at radius 1 is 0.960 bits per heavy atom. The molecule has 0 bridgehead atoms. The molecule has 0 aromatic heterocycles. The summed E-state index contributed by atoms with van der Waals surface area (Å²) >= 11 is 0. The third-order valence-electron chi connectivity index (χ3n) is 4.13. The third-order valence-corrected chi connectivity index (χ3v) is 4.13. The van der Waals surface area contributed by atoms with Crippen LogP contribution in [-0.2, 0) is 9.59 Å². The van der Waals surface area contributed by atoms with E-state index >= 15 is 0 Å². The zero-order valence-electron chi connectivity index (χ0n) is 13.2. The molecule has 2 aromatic carbocycles. The van der Waals surface area contributed by atoms with E-state index in [1.54, 1.807) is 12.1 Å². The highest BCUT2D eigenvalue weighted by atomic mass is 19.1. The molecule has 25 heavy (non-hydrogen) atoms. The molecule has 1 aliphatic rings.